The summed E-state index contributed by atoms with van der Waals surface area (Å²) in [5.41, 5.74) is 21.3. The fourth-order valence-electron chi connectivity index (χ4n) is 9.52. The van der Waals surface area contributed by atoms with Crippen molar-refractivity contribution in [3.63, 3.8) is 0 Å². The molecule has 0 heterocycles. The van der Waals surface area contributed by atoms with Gasteiger partial charge in [-0.25, -0.2) is 0 Å². The zero-order valence-electron chi connectivity index (χ0n) is 31.5. The highest BCUT2D eigenvalue weighted by Gasteiger charge is 2.35. The van der Waals surface area contributed by atoms with Gasteiger partial charge in [-0.05, 0) is 125 Å². The van der Waals surface area contributed by atoms with Gasteiger partial charge in [0.15, 0.2) is 0 Å². The molecule has 2 aliphatic carbocycles. The van der Waals surface area contributed by atoms with Crippen molar-refractivity contribution in [1.29, 1.82) is 0 Å². The van der Waals surface area contributed by atoms with E-state index in [1.165, 1.54) is 88.7 Å². The lowest BCUT2D eigenvalue weighted by molar-refractivity contribution is 0.660. The quantitative estimate of drug-likeness (QED) is 0.172. The molecule has 264 valence electrons. The molecule has 9 aromatic carbocycles. The first-order chi connectivity index (χ1) is 27.5. The van der Waals surface area contributed by atoms with E-state index in [1.54, 1.807) is 0 Å². The van der Waals surface area contributed by atoms with Gasteiger partial charge in [0.25, 0.3) is 0 Å². The van der Waals surface area contributed by atoms with E-state index >= 15 is 0 Å². The van der Waals surface area contributed by atoms with E-state index in [1.807, 2.05) is 0 Å². The summed E-state index contributed by atoms with van der Waals surface area (Å²) >= 11 is 0. The molecule has 0 saturated carbocycles. The lowest BCUT2D eigenvalue weighted by atomic mass is 9.82. The highest BCUT2D eigenvalue weighted by atomic mass is 15.1. The molecular formula is C55H39N. The summed E-state index contributed by atoms with van der Waals surface area (Å²) in [7, 11) is 0. The first kappa shape index (κ1) is 32.5. The van der Waals surface area contributed by atoms with Gasteiger partial charge >= 0.3 is 0 Å². The summed E-state index contributed by atoms with van der Waals surface area (Å²) in [6, 6.07) is 73.9. The van der Waals surface area contributed by atoms with Gasteiger partial charge in [0.05, 0.1) is 0 Å². The summed E-state index contributed by atoms with van der Waals surface area (Å²) < 4.78 is 0. The van der Waals surface area contributed by atoms with Crippen LogP contribution in [-0.4, -0.2) is 0 Å². The van der Waals surface area contributed by atoms with Crippen molar-refractivity contribution >= 4 is 27.8 Å². The number of anilines is 3. The van der Waals surface area contributed by atoms with E-state index in [0.29, 0.717) is 0 Å². The van der Waals surface area contributed by atoms with Crippen LogP contribution >= 0.6 is 0 Å². The number of rotatable bonds is 5. The largest absolute Gasteiger partial charge is 0.310 e. The van der Waals surface area contributed by atoms with E-state index in [2.05, 4.69) is 219 Å². The molecule has 0 aromatic heterocycles. The first-order valence-corrected chi connectivity index (χ1v) is 19.6. The Labute approximate surface area is 328 Å². The average molecular weight is 714 g/mol. The molecule has 0 N–H and O–H groups in total. The number of nitrogens with zero attached hydrogens (tertiary/aromatic N) is 1. The molecule has 1 heteroatoms. The Bertz CT molecular complexity index is 2920. The summed E-state index contributed by atoms with van der Waals surface area (Å²) in [4.78, 5) is 2.41. The molecule has 0 radical (unpaired) electrons. The predicted octanol–water partition coefficient (Wildman–Crippen LogP) is 15.3. The molecule has 0 aliphatic heterocycles. The third-order valence-electron chi connectivity index (χ3n) is 12.3. The topological polar surface area (TPSA) is 3.24 Å². The molecule has 9 aromatic rings. The van der Waals surface area contributed by atoms with E-state index in [9.17, 15) is 0 Å². The van der Waals surface area contributed by atoms with Crippen molar-refractivity contribution < 1.29 is 0 Å². The second-order valence-corrected chi connectivity index (χ2v) is 15.7. The molecule has 0 bridgehead atoms. The fraction of sp³-hybridized carbons (Fsp3) is 0.0545. The van der Waals surface area contributed by atoms with Gasteiger partial charge in [-0.15, -0.1) is 0 Å². The van der Waals surface area contributed by atoms with E-state index in [-0.39, 0.29) is 5.41 Å². The van der Waals surface area contributed by atoms with Crippen molar-refractivity contribution in [1.82, 2.24) is 0 Å². The molecule has 2 aliphatic rings. The van der Waals surface area contributed by atoms with Crippen molar-refractivity contribution in [2.75, 3.05) is 4.90 Å². The summed E-state index contributed by atoms with van der Waals surface area (Å²) in [6.07, 6.45) is 0. The van der Waals surface area contributed by atoms with Crippen LogP contribution in [0.3, 0.4) is 0 Å². The number of hydrogen-bond donors (Lipinski definition) is 0. The van der Waals surface area contributed by atoms with Gasteiger partial charge in [0, 0.05) is 22.5 Å². The molecule has 0 atom stereocenters. The van der Waals surface area contributed by atoms with Gasteiger partial charge in [-0.3, -0.25) is 0 Å². The molecule has 56 heavy (non-hydrogen) atoms. The van der Waals surface area contributed by atoms with Crippen LogP contribution in [0.15, 0.2) is 200 Å². The SMILES string of the molecule is CC1(C)c2ccccc2-c2ccc(N(c3ccc(-c4ccccc4)cc3)c3ccc(-c4ccc5c6c(cccc46)-c4ccccc4-c4ccccc4-5)cc3)cc21. The molecule has 0 fully saturated rings. The highest BCUT2D eigenvalue weighted by Crippen LogP contribution is 2.52. The maximum Gasteiger partial charge on any atom is 0.0465 e. The van der Waals surface area contributed by atoms with Crippen molar-refractivity contribution in [2.45, 2.75) is 19.3 Å². The molecule has 0 spiro atoms. The summed E-state index contributed by atoms with van der Waals surface area (Å²) in [6.45, 7) is 4.71. The van der Waals surface area contributed by atoms with E-state index in [0.717, 1.165) is 17.1 Å². The minimum Gasteiger partial charge on any atom is -0.310 e. The number of hydrogen-bond acceptors (Lipinski definition) is 1. The average Bonchev–Trinajstić information content (AvgIpc) is 3.41. The molecule has 0 unspecified atom stereocenters. The minimum atomic E-state index is -0.0941. The maximum atomic E-state index is 2.42. The van der Waals surface area contributed by atoms with Crippen LogP contribution in [0.1, 0.15) is 25.0 Å². The Hall–Kier alpha value is -6.96. The van der Waals surface area contributed by atoms with Gasteiger partial charge in [-0.2, -0.15) is 0 Å². The zero-order chi connectivity index (χ0) is 37.4. The third-order valence-corrected chi connectivity index (χ3v) is 12.3. The fourth-order valence-corrected chi connectivity index (χ4v) is 9.52. The van der Waals surface area contributed by atoms with Crippen LogP contribution < -0.4 is 4.90 Å². The van der Waals surface area contributed by atoms with Crippen molar-refractivity contribution in [3.8, 4) is 66.8 Å². The molecule has 1 nitrogen and oxygen atoms in total. The van der Waals surface area contributed by atoms with Crippen LogP contribution in [0.25, 0.3) is 77.5 Å². The summed E-state index contributed by atoms with van der Waals surface area (Å²) in [5, 5.41) is 2.58. The molecule has 0 saturated heterocycles. The van der Waals surface area contributed by atoms with Crippen LogP contribution in [-0.2, 0) is 5.41 Å². The molecular weight excluding hydrogens is 675 g/mol. The zero-order valence-corrected chi connectivity index (χ0v) is 31.5. The lowest BCUT2D eigenvalue weighted by Gasteiger charge is -2.28. The van der Waals surface area contributed by atoms with Crippen LogP contribution in [0.4, 0.5) is 17.1 Å². The van der Waals surface area contributed by atoms with Crippen LogP contribution in [0, 0.1) is 0 Å². The van der Waals surface area contributed by atoms with Gasteiger partial charge in [0.1, 0.15) is 0 Å². The minimum absolute atomic E-state index is 0.0941. The standard InChI is InChI=1S/C55H39N/c1-55(2)52-22-11-10-19-47(52)48-32-31-41(35-53(48)55)56(39-27-23-37(24-28-39)36-13-4-3-5-14-36)40-29-25-38(26-30-40)42-33-34-51-46-18-9-7-16-44(46)43-15-6-8-17-45(43)50-21-12-20-49(42)54(50)51/h3-35H,1-2H3. The highest BCUT2D eigenvalue weighted by molar-refractivity contribution is 6.16. The Balaban J connectivity index is 1.05. The number of fused-ring (bicyclic) bond motifs is 8. The van der Waals surface area contributed by atoms with E-state index < -0.39 is 0 Å². The Kier molecular flexibility index (Phi) is 7.28. The van der Waals surface area contributed by atoms with Crippen molar-refractivity contribution in [3.05, 3.63) is 211 Å². The Morgan fingerprint density at radius 2 is 0.750 bits per heavy atom. The van der Waals surface area contributed by atoms with E-state index in [4.69, 9.17) is 0 Å². The Morgan fingerprint density at radius 1 is 0.304 bits per heavy atom. The molecule has 11 rings (SSSR count). The van der Waals surface area contributed by atoms with Gasteiger partial charge < -0.3 is 4.90 Å². The lowest BCUT2D eigenvalue weighted by Crippen LogP contribution is -2.16. The Morgan fingerprint density at radius 3 is 1.41 bits per heavy atom. The second-order valence-electron chi connectivity index (χ2n) is 15.7. The smallest absolute Gasteiger partial charge is 0.0465 e. The third kappa shape index (κ3) is 4.94. The summed E-state index contributed by atoms with van der Waals surface area (Å²) in [5.74, 6) is 0. The van der Waals surface area contributed by atoms with Crippen molar-refractivity contribution in [2.24, 2.45) is 0 Å². The second kappa shape index (κ2) is 12.5. The van der Waals surface area contributed by atoms with Crippen LogP contribution in [0.2, 0.25) is 0 Å². The normalized spacial score (nSPS) is 13.0. The van der Waals surface area contributed by atoms with Gasteiger partial charge in [0.2, 0.25) is 0 Å². The van der Waals surface area contributed by atoms with Gasteiger partial charge in [-0.1, -0.05) is 178 Å². The predicted molar refractivity (Wildman–Crippen MR) is 237 cm³/mol. The maximum absolute atomic E-state index is 2.42. The molecule has 0 amide bonds. The number of benzene rings is 9. The monoisotopic (exact) mass is 713 g/mol. The van der Waals surface area contributed by atoms with Crippen LogP contribution in [0.5, 0.6) is 0 Å². The first-order valence-electron chi connectivity index (χ1n) is 19.6.